The number of hydrogen-bond donors (Lipinski definition) is 0. The Morgan fingerprint density at radius 1 is 0.571 bits per heavy atom. The molecule has 0 atom stereocenters. The van der Waals surface area contributed by atoms with Gasteiger partial charge in [0.15, 0.2) is 0 Å². The summed E-state index contributed by atoms with van der Waals surface area (Å²) in [5.74, 6) is 2.29. The monoisotopic (exact) mass is 484 g/mol. The summed E-state index contributed by atoms with van der Waals surface area (Å²) in [6.45, 7) is 12.2. The molecule has 4 heteroatoms. The summed E-state index contributed by atoms with van der Waals surface area (Å²) in [6, 6.07) is 21.4. The van der Waals surface area contributed by atoms with Gasteiger partial charge in [0.2, 0.25) is 0 Å². The fourth-order valence-electron chi connectivity index (χ4n) is 3.13. The normalized spacial score (nSPS) is 10.1. The summed E-state index contributed by atoms with van der Waals surface area (Å²) in [7, 11) is 11.7. The van der Waals surface area contributed by atoms with Crippen molar-refractivity contribution in [3.05, 3.63) is 71.8 Å². The molecular weight excluding hydrogens is 428 g/mol. The molecule has 0 aliphatic rings. The lowest BCUT2D eigenvalue weighted by atomic mass is 10.0. The zero-order valence-corrected chi connectivity index (χ0v) is 25.1. The first-order valence-electron chi connectivity index (χ1n) is 13.2. The molecule has 0 aliphatic carbocycles. The molecule has 2 aromatic rings. The second kappa shape index (κ2) is 27.6. The van der Waals surface area contributed by atoms with E-state index in [-0.39, 0.29) is 0 Å². The quantitative estimate of drug-likeness (QED) is 0.308. The highest BCUT2D eigenvalue weighted by Gasteiger charge is 1.94. The van der Waals surface area contributed by atoms with Crippen LogP contribution in [0.3, 0.4) is 0 Å². The Bertz CT molecular complexity index is 657. The van der Waals surface area contributed by atoms with E-state index in [1.54, 1.807) is 0 Å². The maximum absolute atomic E-state index is 4.05. The van der Waals surface area contributed by atoms with E-state index < -0.39 is 0 Å². The second-order valence-corrected chi connectivity index (χ2v) is 7.60. The van der Waals surface area contributed by atoms with Gasteiger partial charge in [0, 0.05) is 55.1 Å². The summed E-state index contributed by atoms with van der Waals surface area (Å²) >= 11 is 0. The van der Waals surface area contributed by atoms with Crippen LogP contribution >= 0.6 is 0 Å². The Hall–Kier alpha value is -2.62. The molecule has 35 heavy (non-hydrogen) atoms. The number of aryl methyl sites for hydroxylation is 2. The number of hydrogen-bond acceptors (Lipinski definition) is 2. The van der Waals surface area contributed by atoms with Crippen molar-refractivity contribution in [3.8, 4) is 0 Å². The standard InChI is InChI=1S/C15H16.2C6H14N2.2C2H6/c1-3-8-14(9-4-1)12-7-13-15-10-5-2-6-11-15;2*1-5-6(7-2)8(3)4;2*1-2/h1-6,8-11H,7,12-13H2;2*5H2,1-4H3;2*1-2H3. The van der Waals surface area contributed by atoms with Crippen LogP contribution in [0, 0.1) is 0 Å². The van der Waals surface area contributed by atoms with Crippen molar-refractivity contribution < 1.29 is 0 Å². The van der Waals surface area contributed by atoms with E-state index in [1.807, 2.05) is 79.8 Å². The van der Waals surface area contributed by atoms with Crippen molar-refractivity contribution in [3.63, 3.8) is 0 Å². The minimum atomic E-state index is 1.02. The van der Waals surface area contributed by atoms with Crippen LogP contribution in [-0.4, -0.2) is 63.8 Å². The van der Waals surface area contributed by atoms with Crippen LogP contribution in [0.2, 0.25) is 0 Å². The molecule has 2 aromatic carbocycles. The fourth-order valence-corrected chi connectivity index (χ4v) is 3.13. The van der Waals surface area contributed by atoms with Gasteiger partial charge in [-0.25, -0.2) is 0 Å². The van der Waals surface area contributed by atoms with E-state index in [4.69, 9.17) is 0 Å². The van der Waals surface area contributed by atoms with Crippen molar-refractivity contribution in [1.82, 2.24) is 9.80 Å². The van der Waals surface area contributed by atoms with Crippen molar-refractivity contribution in [2.45, 2.75) is 73.6 Å². The fraction of sp³-hybridized carbons (Fsp3) is 0.548. The maximum atomic E-state index is 4.05. The number of nitrogens with zero attached hydrogens (tertiary/aromatic N) is 4. The average Bonchev–Trinajstić information content (AvgIpc) is 2.90. The van der Waals surface area contributed by atoms with Gasteiger partial charge in [0.25, 0.3) is 0 Å². The van der Waals surface area contributed by atoms with E-state index in [1.165, 1.54) is 30.4 Å². The molecule has 0 N–H and O–H groups in total. The molecular formula is C31H56N4. The van der Waals surface area contributed by atoms with Gasteiger partial charge in [-0.3, -0.25) is 9.98 Å². The van der Waals surface area contributed by atoms with E-state index >= 15 is 0 Å². The van der Waals surface area contributed by atoms with Crippen LogP contribution in [0.1, 0.15) is 71.9 Å². The Labute approximate surface area is 219 Å². The van der Waals surface area contributed by atoms with Crippen molar-refractivity contribution in [2.75, 3.05) is 42.3 Å². The van der Waals surface area contributed by atoms with Crippen molar-refractivity contribution >= 4 is 11.7 Å². The summed E-state index contributed by atoms with van der Waals surface area (Å²) < 4.78 is 0. The third-order valence-electron chi connectivity index (χ3n) is 4.80. The molecule has 0 radical (unpaired) electrons. The van der Waals surface area contributed by atoms with Gasteiger partial charge in [0.05, 0.1) is 11.7 Å². The van der Waals surface area contributed by atoms with Crippen molar-refractivity contribution in [2.24, 2.45) is 9.98 Å². The van der Waals surface area contributed by atoms with E-state index in [0.717, 1.165) is 24.5 Å². The zero-order valence-electron chi connectivity index (χ0n) is 25.1. The summed E-state index contributed by atoms with van der Waals surface area (Å²) in [5.41, 5.74) is 2.88. The molecule has 0 saturated heterocycles. The second-order valence-electron chi connectivity index (χ2n) is 7.60. The highest BCUT2D eigenvalue weighted by molar-refractivity contribution is 5.81. The summed E-state index contributed by atoms with van der Waals surface area (Å²) in [5, 5.41) is 0. The molecule has 0 aliphatic heterocycles. The molecule has 0 heterocycles. The first-order chi connectivity index (χ1) is 16.9. The summed E-state index contributed by atoms with van der Waals surface area (Å²) in [4.78, 5) is 12.2. The Morgan fingerprint density at radius 2 is 0.857 bits per heavy atom. The molecule has 0 aromatic heterocycles. The highest BCUT2D eigenvalue weighted by atomic mass is 15.1. The van der Waals surface area contributed by atoms with Crippen LogP contribution < -0.4 is 0 Å². The number of rotatable bonds is 6. The SMILES string of the molecule is CC.CC.CCC(=NC)N(C)C.CCC(=NC)N(C)C.c1ccc(CCCc2ccccc2)cc1. The Morgan fingerprint density at radius 3 is 1.03 bits per heavy atom. The van der Waals surface area contributed by atoms with Gasteiger partial charge in [-0.2, -0.15) is 0 Å². The van der Waals surface area contributed by atoms with E-state index in [0.29, 0.717) is 0 Å². The van der Waals surface area contributed by atoms with Gasteiger partial charge in [0.1, 0.15) is 0 Å². The van der Waals surface area contributed by atoms with Crippen LogP contribution in [0.5, 0.6) is 0 Å². The third kappa shape index (κ3) is 21.6. The predicted molar refractivity (Wildman–Crippen MR) is 162 cm³/mol. The molecule has 0 unspecified atom stereocenters. The minimum absolute atomic E-state index is 1.02. The molecule has 0 amide bonds. The smallest absolute Gasteiger partial charge is 0.0977 e. The van der Waals surface area contributed by atoms with Gasteiger partial charge in [-0.15, -0.1) is 0 Å². The lowest BCUT2D eigenvalue weighted by Crippen LogP contribution is -2.20. The van der Waals surface area contributed by atoms with Gasteiger partial charge in [-0.05, 0) is 30.4 Å². The van der Waals surface area contributed by atoms with Crippen LogP contribution in [0.4, 0.5) is 0 Å². The zero-order chi connectivity index (χ0) is 27.5. The van der Waals surface area contributed by atoms with Gasteiger partial charge >= 0.3 is 0 Å². The predicted octanol–water partition coefficient (Wildman–Crippen LogP) is 7.89. The molecule has 0 bridgehead atoms. The number of aliphatic imine (C=N–C) groups is 2. The van der Waals surface area contributed by atoms with E-state index in [2.05, 4.69) is 84.5 Å². The molecule has 200 valence electrons. The summed E-state index contributed by atoms with van der Waals surface area (Å²) in [6.07, 6.45) is 5.62. The maximum Gasteiger partial charge on any atom is 0.0977 e. The third-order valence-corrected chi connectivity index (χ3v) is 4.80. The Balaban J connectivity index is -0.000000441. The lowest BCUT2D eigenvalue weighted by Gasteiger charge is -2.12. The molecule has 4 nitrogen and oxygen atoms in total. The first-order valence-corrected chi connectivity index (χ1v) is 13.2. The number of amidine groups is 2. The highest BCUT2D eigenvalue weighted by Crippen LogP contribution is 2.07. The lowest BCUT2D eigenvalue weighted by molar-refractivity contribution is 0.606. The average molecular weight is 485 g/mol. The Kier molecular flexibility index (Phi) is 29.2. The number of benzene rings is 2. The van der Waals surface area contributed by atoms with Crippen molar-refractivity contribution in [1.29, 1.82) is 0 Å². The van der Waals surface area contributed by atoms with E-state index in [9.17, 15) is 0 Å². The van der Waals surface area contributed by atoms with Crippen LogP contribution in [0.15, 0.2) is 70.6 Å². The first kappa shape index (κ1) is 36.9. The molecule has 0 spiro atoms. The minimum Gasteiger partial charge on any atom is -0.367 e. The van der Waals surface area contributed by atoms with Crippen LogP contribution in [0.25, 0.3) is 0 Å². The van der Waals surface area contributed by atoms with Gasteiger partial charge < -0.3 is 9.80 Å². The van der Waals surface area contributed by atoms with Gasteiger partial charge in [-0.1, -0.05) is 102 Å². The van der Waals surface area contributed by atoms with Crippen LogP contribution in [-0.2, 0) is 12.8 Å². The molecule has 2 rings (SSSR count). The molecule has 0 fully saturated rings. The largest absolute Gasteiger partial charge is 0.367 e. The topological polar surface area (TPSA) is 31.2 Å². The molecule has 0 saturated carbocycles.